The molecule has 128 valence electrons. The van der Waals surface area contributed by atoms with Gasteiger partial charge in [0.2, 0.25) is 0 Å². The molecule has 4 rings (SSSR count). The minimum Gasteiger partial charge on any atom is -0.374 e. The van der Waals surface area contributed by atoms with Gasteiger partial charge in [-0.05, 0) is 42.3 Å². The van der Waals surface area contributed by atoms with Crippen LogP contribution in [-0.4, -0.2) is 17.3 Å². The molecule has 0 saturated heterocycles. The number of rotatable bonds is 5. The molecule has 0 bridgehead atoms. The van der Waals surface area contributed by atoms with Gasteiger partial charge in [-0.1, -0.05) is 52.3 Å². The molecule has 2 aromatic carbocycles. The fourth-order valence-corrected chi connectivity index (χ4v) is 3.53. The number of aromatic nitrogens is 1. The summed E-state index contributed by atoms with van der Waals surface area (Å²) in [5.74, 6) is 0. The molecule has 1 aliphatic heterocycles. The van der Waals surface area contributed by atoms with Crippen LogP contribution in [0.5, 0.6) is 0 Å². The van der Waals surface area contributed by atoms with E-state index in [0.717, 1.165) is 10.9 Å². The number of benzene rings is 2. The third-order valence-corrected chi connectivity index (χ3v) is 4.90. The largest absolute Gasteiger partial charge is 0.374 e. The summed E-state index contributed by atoms with van der Waals surface area (Å²) in [5.41, 5.74) is 2.36. The van der Waals surface area contributed by atoms with Crippen LogP contribution in [0.4, 0.5) is 0 Å². The zero-order chi connectivity index (χ0) is 17.1. The summed E-state index contributed by atoms with van der Waals surface area (Å²) in [6, 6.07) is 18.7. The normalized spacial score (nSPS) is 20.2. The number of hydrogen-bond acceptors (Lipinski definition) is 2. The Morgan fingerprint density at radius 3 is 2.88 bits per heavy atom. The highest BCUT2D eigenvalue weighted by atomic mass is 79.9. The molecule has 0 N–H and O–H groups in total. The average molecular weight is 398 g/mol. The Labute approximate surface area is 156 Å². The second kappa shape index (κ2) is 7.56. The van der Waals surface area contributed by atoms with Crippen LogP contribution < -0.4 is 0 Å². The number of halogens is 1. The average Bonchev–Trinajstić information content (AvgIpc) is 3.06. The molecular weight excluding hydrogens is 378 g/mol. The van der Waals surface area contributed by atoms with Crippen molar-refractivity contribution in [2.45, 2.75) is 25.4 Å². The van der Waals surface area contributed by atoms with Crippen molar-refractivity contribution in [3.63, 3.8) is 0 Å². The van der Waals surface area contributed by atoms with Gasteiger partial charge in [-0.25, -0.2) is 0 Å². The summed E-state index contributed by atoms with van der Waals surface area (Å²) in [4.78, 5) is 0. The first-order valence-corrected chi connectivity index (χ1v) is 9.29. The van der Waals surface area contributed by atoms with E-state index in [9.17, 15) is 0 Å². The molecule has 0 saturated carbocycles. The van der Waals surface area contributed by atoms with E-state index >= 15 is 0 Å². The molecule has 0 fully saturated rings. The zero-order valence-electron chi connectivity index (χ0n) is 13.8. The Morgan fingerprint density at radius 2 is 2.00 bits per heavy atom. The van der Waals surface area contributed by atoms with E-state index in [0.29, 0.717) is 13.2 Å². The summed E-state index contributed by atoms with van der Waals surface area (Å²) >= 11 is 3.52. The van der Waals surface area contributed by atoms with Gasteiger partial charge in [0.05, 0.1) is 24.8 Å². The first-order valence-electron chi connectivity index (χ1n) is 8.49. The Bertz CT molecular complexity index is 872. The maximum atomic E-state index is 6.25. The quantitative estimate of drug-likeness (QED) is 0.533. The van der Waals surface area contributed by atoms with Crippen molar-refractivity contribution in [1.82, 2.24) is 4.57 Å². The van der Waals surface area contributed by atoms with Crippen LogP contribution in [0.25, 0.3) is 10.9 Å². The van der Waals surface area contributed by atoms with Gasteiger partial charge in [0.25, 0.3) is 0 Å². The number of hydrogen-bond donors (Lipinski definition) is 0. The van der Waals surface area contributed by atoms with E-state index in [1.807, 2.05) is 18.2 Å². The molecule has 25 heavy (non-hydrogen) atoms. The van der Waals surface area contributed by atoms with Gasteiger partial charge in [-0.15, -0.1) is 0 Å². The summed E-state index contributed by atoms with van der Waals surface area (Å²) in [6.07, 6.45) is 7.27. The van der Waals surface area contributed by atoms with Crippen molar-refractivity contribution < 1.29 is 9.47 Å². The lowest BCUT2D eigenvalue weighted by Gasteiger charge is -2.27. The summed E-state index contributed by atoms with van der Waals surface area (Å²) in [6.45, 7) is 1.22. The van der Waals surface area contributed by atoms with Crippen LogP contribution in [0, 0.1) is 0 Å². The molecule has 3 nitrogen and oxygen atoms in total. The van der Waals surface area contributed by atoms with Crippen molar-refractivity contribution in [3.05, 3.63) is 83.0 Å². The molecular formula is C21H20BrNO2. The number of ether oxygens (including phenoxy) is 2. The summed E-state index contributed by atoms with van der Waals surface area (Å²) in [7, 11) is 0. The Hall–Kier alpha value is -1.88. The minimum absolute atomic E-state index is 0.0756. The van der Waals surface area contributed by atoms with Crippen molar-refractivity contribution >= 4 is 26.8 Å². The molecule has 4 heteroatoms. The predicted octanol–water partition coefficient (Wildman–Crippen LogP) is 5.46. The van der Waals surface area contributed by atoms with Crippen molar-refractivity contribution in [2.75, 3.05) is 6.61 Å². The van der Waals surface area contributed by atoms with Gasteiger partial charge in [0.1, 0.15) is 0 Å². The highest BCUT2D eigenvalue weighted by Gasteiger charge is 2.20. The molecule has 3 aromatic rings. The van der Waals surface area contributed by atoms with E-state index in [1.54, 1.807) is 0 Å². The SMILES string of the molecule is Brc1ccc2c(ccn2[C@@H]2C=CC[C@@H](COCc3ccccc3)O2)c1. The lowest BCUT2D eigenvalue weighted by Crippen LogP contribution is -2.26. The molecule has 1 aliphatic rings. The Balaban J connectivity index is 1.40. The van der Waals surface area contributed by atoms with Crippen LogP contribution in [0.2, 0.25) is 0 Å². The number of nitrogens with zero attached hydrogens (tertiary/aromatic N) is 1. The first-order chi connectivity index (χ1) is 12.3. The van der Waals surface area contributed by atoms with Crippen LogP contribution in [0.15, 0.2) is 77.4 Å². The lowest BCUT2D eigenvalue weighted by molar-refractivity contribution is -0.0734. The van der Waals surface area contributed by atoms with Crippen LogP contribution >= 0.6 is 15.9 Å². The molecule has 0 aliphatic carbocycles. The molecule has 0 amide bonds. The van der Waals surface area contributed by atoms with Crippen LogP contribution in [0.1, 0.15) is 18.2 Å². The smallest absolute Gasteiger partial charge is 0.153 e. The lowest BCUT2D eigenvalue weighted by atomic mass is 10.2. The van der Waals surface area contributed by atoms with Crippen molar-refractivity contribution in [1.29, 1.82) is 0 Å². The minimum atomic E-state index is -0.0854. The monoisotopic (exact) mass is 397 g/mol. The van der Waals surface area contributed by atoms with Crippen molar-refractivity contribution in [2.24, 2.45) is 0 Å². The summed E-state index contributed by atoms with van der Waals surface area (Å²) in [5, 5.41) is 1.20. The van der Waals surface area contributed by atoms with Gasteiger partial charge >= 0.3 is 0 Å². The maximum absolute atomic E-state index is 6.25. The Kier molecular flexibility index (Phi) is 5.02. The third-order valence-electron chi connectivity index (χ3n) is 4.40. The van der Waals surface area contributed by atoms with Gasteiger partial charge < -0.3 is 14.0 Å². The van der Waals surface area contributed by atoms with E-state index < -0.39 is 0 Å². The highest BCUT2D eigenvalue weighted by molar-refractivity contribution is 9.10. The Morgan fingerprint density at radius 1 is 1.12 bits per heavy atom. The van der Waals surface area contributed by atoms with Gasteiger partial charge in [-0.3, -0.25) is 0 Å². The molecule has 2 heterocycles. The van der Waals surface area contributed by atoms with Gasteiger partial charge in [-0.2, -0.15) is 0 Å². The molecule has 0 radical (unpaired) electrons. The van der Waals surface area contributed by atoms with E-state index in [2.05, 4.69) is 75.2 Å². The third kappa shape index (κ3) is 3.87. The predicted molar refractivity (Wildman–Crippen MR) is 103 cm³/mol. The van der Waals surface area contributed by atoms with Crippen LogP contribution in [0.3, 0.4) is 0 Å². The summed E-state index contributed by atoms with van der Waals surface area (Å²) < 4.78 is 15.4. The van der Waals surface area contributed by atoms with Crippen molar-refractivity contribution in [3.8, 4) is 0 Å². The first kappa shape index (κ1) is 16.6. The fourth-order valence-electron chi connectivity index (χ4n) is 3.15. The zero-order valence-corrected chi connectivity index (χ0v) is 15.4. The molecule has 2 atom stereocenters. The molecule has 0 unspecified atom stereocenters. The second-order valence-corrected chi connectivity index (χ2v) is 7.16. The fraction of sp³-hybridized carbons (Fsp3) is 0.238. The molecule has 1 aromatic heterocycles. The van der Waals surface area contributed by atoms with Gasteiger partial charge in [0.15, 0.2) is 6.23 Å². The second-order valence-electron chi connectivity index (χ2n) is 6.24. The van der Waals surface area contributed by atoms with E-state index in [4.69, 9.17) is 9.47 Å². The maximum Gasteiger partial charge on any atom is 0.153 e. The highest BCUT2D eigenvalue weighted by Crippen LogP contribution is 2.28. The topological polar surface area (TPSA) is 23.4 Å². The van der Waals surface area contributed by atoms with E-state index in [-0.39, 0.29) is 12.3 Å². The van der Waals surface area contributed by atoms with E-state index in [1.165, 1.54) is 16.5 Å². The van der Waals surface area contributed by atoms with Crippen LogP contribution in [-0.2, 0) is 16.1 Å². The van der Waals surface area contributed by atoms with Gasteiger partial charge in [0, 0.05) is 16.1 Å². The standard InChI is InChI=1S/C21H20BrNO2/c22-18-9-10-20-17(13-18)11-12-23(20)21-8-4-7-19(25-21)15-24-14-16-5-2-1-3-6-16/h1-6,8-13,19,21H,7,14-15H2/t19-,21-/m0/s1. The molecule has 0 spiro atoms. The number of fused-ring (bicyclic) bond motifs is 1.